The number of phenols is 1. The van der Waals surface area contributed by atoms with Crippen LogP contribution < -0.4 is 5.32 Å². The summed E-state index contributed by atoms with van der Waals surface area (Å²) in [6.45, 7) is 0.357. The second-order valence-corrected chi connectivity index (χ2v) is 4.44. The number of rotatable bonds is 3. The van der Waals surface area contributed by atoms with Gasteiger partial charge in [0.05, 0.1) is 5.02 Å². The molecule has 1 amide bonds. The first kappa shape index (κ1) is 12.5. The Morgan fingerprint density at radius 2 is 2.22 bits per heavy atom. The molecular weight excluding hydrogens is 252 g/mol. The van der Waals surface area contributed by atoms with E-state index >= 15 is 0 Å². The van der Waals surface area contributed by atoms with Crippen molar-refractivity contribution in [3.05, 3.63) is 52.8 Å². The number of aromatic nitrogens is 1. The molecule has 0 saturated carbocycles. The van der Waals surface area contributed by atoms with Crippen molar-refractivity contribution in [3.8, 4) is 5.75 Å². The summed E-state index contributed by atoms with van der Waals surface area (Å²) in [5.74, 6) is -0.0172. The first-order chi connectivity index (χ1) is 8.56. The molecule has 18 heavy (non-hydrogen) atoms. The van der Waals surface area contributed by atoms with Crippen LogP contribution in [0.3, 0.4) is 0 Å². The molecule has 0 saturated heterocycles. The number of aryl methyl sites for hydroxylation is 1. The average Bonchev–Trinajstić information content (AvgIpc) is 2.66. The van der Waals surface area contributed by atoms with Gasteiger partial charge in [-0.1, -0.05) is 23.7 Å². The smallest absolute Gasteiger partial charge is 0.268 e. The van der Waals surface area contributed by atoms with Crippen LogP contribution in [0.25, 0.3) is 0 Å². The van der Waals surface area contributed by atoms with Gasteiger partial charge in [-0.05, 0) is 23.8 Å². The lowest BCUT2D eigenvalue weighted by molar-refractivity contribution is 0.0942. The van der Waals surface area contributed by atoms with Crippen LogP contribution in [0.1, 0.15) is 16.1 Å². The van der Waals surface area contributed by atoms with E-state index < -0.39 is 0 Å². The highest BCUT2D eigenvalue weighted by Gasteiger charge is 2.10. The molecule has 0 aliphatic rings. The molecule has 94 valence electrons. The second kappa shape index (κ2) is 5.14. The normalized spacial score (nSPS) is 10.3. The van der Waals surface area contributed by atoms with Gasteiger partial charge < -0.3 is 15.0 Å². The van der Waals surface area contributed by atoms with E-state index in [2.05, 4.69) is 5.32 Å². The second-order valence-electron chi connectivity index (χ2n) is 4.01. The monoisotopic (exact) mass is 264 g/mol. The number of amides is 1. The van der Waals surface area contributed by atoms with Gasteiger partial charge in [-0.25, -0.2) is 0 Å². The lowest BCUT2D eigenvalue weighted by atomic mass is 10.2. The zero-order valence-corrected chi connectivity index (χ0v) is 10.6. The van der Waals surface area contributed by atoms with Crippen molar-refractivity contribution in [2.45, 2.75) is 6.54 Å². The van der Waals surface area contributed by atoms with Gasteiger partial charge in [-0.15, -0.1) is 0 Å². The van der Waals surface area contributed by atoms with Crippen molar-refractivity contribution >= 4 is 17.5 Å². The number of nitrogens with one attached hydrogen (secondary N) is 1. The van der Waals surface area contributed by atoms with Crippen LogP contribution in [0.2, 0.25) is 5.02 Å². The van der Waals surface area contributed by atoms with Gasteiger partial charge in [0.2, 0.25) is 0 Å². The van der Waals surface area contributed by atoms with E-state index in [9.17, 15) is 9.90 Å². The maximum absolute atomic E-state index is 11.9. The molecule has 2 N–H and O–H groups in total. The molecule has 2 aromatic rings. The molecule has 0 spiro atoms. The van der Waals surface area contributed by atoms with Gasteiger partial charge in [0, 0.05) is 19.8 Å². The van der Waals surface area contributed by atoms with E-state index in [0.29, 0.717) is 17.3 Å². The number of phenolic OH excluding ortho intramolecular Hbond substituents is 1. The summed E-state index contributed by atoms with van der Waals surface area (Å²) in [5, 5.41) is 12.6. The summed E-state index contributed by atoms with van der Waals surface area (Å²) < 4.78 is 1.67. The van der Waals surface area contributed by atoms with Crippen LogP contribution in [0.15, 0.2) is 36.5 Å². The zero-order chi connectivity index (χ0) is 13.1. The highest BCUT2D eigenvalue weighted by atomic mass is 35.5. The number of halogens is 1. The van der Waals surface area contributed by atoms with Gasteiger partial charge in [0.25, 0.3) is 5.91 Å². The maximum atomic E-state index is 11.9. The number of benzene rings is 1. The fraction of sp³-hybridized carbons (Fsp3) is 0.154. The van der Waals surface area contributed by atoms with Gasteiger partial charge in [0.1, 0.15) is 11.4 Å². The molecular formula is C13H13ClN2O2. The lowest BCUT2D eigenvalue weighted by Crippen LogP contribution is -2.24. The molecule has 0 aliphatic heterocycles. The van der Waals surface area contributed by atoms with Gasteiger partial charge in [-0.2, -0.15) is 0 Å². The Labute approximate surface area is 110 Å². The molecule has 0 fully saturated rings. The number of aromatic hydroxyl groups is 1. The standard InChI is InChI=1S/C13H13ClN2O2/c1-16-8-10(14)6-12(16)13(18)15-7-9-3-2-4-11(17)5-9/h2-6,8,17H,7H2,1H3,(H,15,18). The molecule has 2 rings (SSSR count). The number of hydrogen-bond acceptors (Lipinski definition) is 2. The van der Waals surface area contributed by atoms with Crippen LogP contribution in [0.5, 0.6) is 5.75 Å². The Balaban J connectivity index is 2.03. The highest BCUT2D eigenvalue weighted by molar-refractivity contribution is 6.31. The van der Waals surface area contributed by atoms with E-state index in [1.54, 1.807) is 42.1 Å². The first-order valence-electron chi connectivity index (χ1n) is 5.44. The molecule has 0 radical (unpaired) electrons. The van der Waals surface area contributed by atoms with E-state index in [4.69, 9.17) is 11.6 Å². The minimum absolute atomic E-state index is 0.184. The Morgan fingerprint density at radius 1 is 1.44 bits per heavy atom. The van der Waals surface area contributed by atoms with Crippen LogP contribution in [0, 0.1) is 0 Å². The number of carbonyl (C=O) groups excluding carboxylic acids is 1. The van der Waals surface area contributed by atoms with Gasteiger partial charge in [0.15, 0.2) is 0 Å². The first-order valence-corrected chi connectivity index (χ1v) is 5.82. The fourth-order valence-corrected chi connectivity index (χ4v) is 1.94. The minimum atomic E-state index is -0.201. The van der Waals surface area contributed by atoms with Gasteiger partial charge >= 0.3 is 0 Å². The van der Waals surface area contributed by atoms with E-state index in [1.807, 2.05) is 6.07 Å². The summed E-state index contributed by atoms with van der Waals surface area (Å²) in [7, 11) is 1.76. The van der Waals surface area contributed by atoms with E-state index in [1.165, 1.54) is 0 Å². The van der Waals surface area contributed by atoms with Crippen molar-refractivity contribution in [1.82, 2.24) is 9.88 Å². The topological polar surface area (TPSA) is 54.3 Å². The summed E-state index contributed by atoms with van der Waals surface area (Å²) >= 11 is 5.81. The molecule has 1 heterocycles. The number of nitrogens with zero attached hydrogens (tertiary/aromatic N) is 1. The molecule has 4 nitrogen and oxygen atoms in total. The van der Waals surface area contributed by atoms with Crippen LogP contribution in [-0.4, -0.2) is 15.6 Å². The van der Waals surface area contributed by atoms with Crippen molar-refractivity contribution < 1.29 is 9.90 Å². The molecule has 0 atom stereocenters. The SMILES string of the molecule is Cn1cc(Cl)cc1C(=O)NCc1cccc(O)c1. The maximum Gasteiger partial charge on any atom is 0.268 e. The van der Waals surface area contributed by atoms with Crippen LogP contribution >= 0.6 is 11.6 Å². The van der Waals surface area contributed by atoms with E-state index in [-0.39, 0.29) is 11.7 Å². The molecule has 1 aromatic heterocycles. The number of carbonyl (C=O) groups is 1. The Kier molecular flexibility index (Phi) is 3.58. The molecule has 5 heteroatoms. The van der Waals surface area contributed by atoms with E-state index in [0.717, 1.165) is 5.56 Å². The predicted molar refractivity (Wildman–Crippen MR) is 69.7 cm³/mol. The Morgan fingerprint density at radius 3 is 2.83 bits per heavy atom. The highest BCUT2D eigenvalue weighted by Crippen LogP contribution is 2.13. The third-order valence-corrected chi connectivity index (χ3v) is 2.77. The Bertz CT molecular complexity index is 578. The molecule has 0 bridgehead atoms. The van der Waals surface area contributed by atoms with Crippen molar-refractivity contribution in [2.24, 2.45) is 7.05 Å². The predicted octanol–water partition coefficient (Wildman–Crippen LogP) is 2.31. The largest absolute Gasteiger partial charge is 0.508 e. The van der Waals surface area contributed by atoms with Crippen LogP contribution in [-0.2, 0) is 13.6 Å². The van der Waals surface area contributed by atoms with Gasteiger partial charge in [-0.3, -0.25) is 4.79 Å². The fourth-order valence-electron chi connectivity index (χ4n) is 1.69. The third kappa shape index (κ3) is 2.84. The van der Waals surface area contributed by atoms with Crippen molar-refractivity contribution in [1.29, 1.82) is 0 Å². The zero-order valence-electron chi connectivity index (χ0n) is 9.85. The number of hydrogen-bond donors (Lipinski definition) is 2. The summed E-state index contributed by atoms with van der Waals surface area (Å²) in [6.07, 6.45) is 1.67. The molecule has 0 aliphatic carbocycles. The molecule has 0 unspecified atom stereocenters. The molecule has 1 aromatic carbocycles. The summed E-state index contributed by atoms with van der Waals surface area (Å²) in [4.78, 5) is 11.9. The van der Waals surface area contributed by atoms with Crippen LogP contribution in [0.4, 0.5) is 0 Å². The van der Waals surface area contributed by atoms with Crippen molar-refractivity contribution in [3.63, 3.8) is 0 Å². The average molecular weight is 265 g/mol. The summed E-state index contributed by atoms with van der Waals surface area (Å²) in [5.41, 5.74) is 1.34. The third-order valence-electron chi connectivity index (χ3n) is 2.57. The summed E-state index contributed by atoms with van der Waals surface area (Å²) in [6, 6.07) is 8.37. The Hall–Kier alpha value is -1.94. The minimum Gasteiger partial charge on any atom is -0.508 e. The quantitative estimate of drug-likeness (QED) is 0.894. The lowest BCUT2D eigenvalue weighted by Gasteiger charge is -2.06. The van der Waals surface area contributed by atoms with Crippen molar-refractivity contribution in [2.75, 3.05) is 0 Å².